The average Bonchev–Trinajstić information content (AvgIpc) is 2.89. The molecule has 35 heavy (non-hydrogen) atoms. The minimum atomic E-state index is -0.214. The van der Waals surface area contributed by atoms with Crippen molar-refractivity contribution in [2.24, 2.45) is 5.92 Å². The lowest BCUT2D eigenvalue weighted by molar-refractivity contribution is -0.138. The Morgan fingerprint density at radius 3 is 2.51 bits per heavy atom. The van der Waals surface area contributed by atoms with Gasteiger partial charge in [0.15, 0.2) is 0 Å². The lowest BCUT2D eigenvalue weighted by Gasteiger charge is -2.40. The maximum atomic E-state index is 13.5. The predicted octanol–water partition coefficient (Wildman–Crippen LogP) is 4.88. The van der Waals surface area contributed by atoms with Gasteiger partial charge in [0.25, 0.3) is 0 Å². The summed E-state index contributed by atoms with van der Waals surface area (Å²) in [5.41, 5.74) is 4.37. The predicted molar refractivity (Wildman–Crippen MR) is 138 cm³/mol. The van der Waals surface area contributed by atoms with Crippen molar-refractivity contribution >= 4 is 11.8 Å². The minimum absolute atomic E-state index is 0.0104. The Balaban J connectivity index is 1.44. The molecule has 5 heteroatoms. The third-order valence-corrected chi connectivity index (χ3v) is 6.78. The smallest absolute Gasteiger partial charge is 0.227 e. The van der Waals surface area contributed by atoms with Crippen LogP contribution in [-0.2, 0) is 22.4 Å². The van der Waals surface area contributed by atoms with Gasteiger partial charge in [-0.05, 0) is 48.9 Å². The summed E-state index contributed by atoms with van der Waals surface area (Å²) in [7, 11) is 1.66. The van der Waals surface area contributed by atoms with Gasteiger partial charge in [-0.25, -0.2) is 0 Å². The molecular weight excluding hydrogens is 436 g/mol. The second kappa shape index (κ2) is 11.7. The standard InChI is InChI=1S/C30H34N2O3/c1-22-9-8-13-25(19-22)27-16-15-26(21-32(27)29(33)20-23-10-4-3-5-11-23)30(34)31-18-17-24-12-6-7-14-28(24)35-2/h3-14,19,26-27H,15-18,20-21H2,1-2H3,(H,31,34). The molecule has 3 aromatic rings. The highest BCUT2D eigenvalue weighted by atomic mass is 16.5. The third-order valence-electron chi connectivity index (χ3n) is 6.78. The Hall–Kier alpha value is -3.60. The van der Waals surface area contributed by atoms with Crippen LogP contribution in [0.4, 0.5) is 0 Å². The number of nitrogens with zero attached hydrogens (tertiary/aromatic N) is 1. The first kappa shape index (κ1) is 24.5. The Morgan fingerprint density at radius 2 is 1.74 bits per heavy atom. The van der Waals surface area contributed by atoms with E-state index in [4.69, 9.17) is 4.74 Å². The molecule has 1 saturated heterocycles. The third kappa shape index (κ3) is 6.30. The van der Waals surface area contributed by atoms with Crippen LogP contribution < -0.4 is 10.1 Å². The normalized spacial score (nSPS) is 17.6. The zero-order valence-corrected chi connectivity index (χ0v) is 20.6. The van der Waals surface area contributed by atoms with Gasteiger partial charge in [-0.15, -0.1) is 0 Å². The van der Waals surface area contributed by atoms with Crippen LogP contribution in [0.15, 0.2) is 78.9 Å². The number of ether oxygens (including phenoxy) is 1. The molecule has 1 aliphatic rings. The van der Waals surface area contributed by atoms with Crippen LogP contribution in [0.25, 0.3) is 0 Å². The highest BCUT2D eigenvalue weighted by Gasteiger charge is 2.35. The Labute approximate surface area is 208 Å². The van der Waals surface area contributed by atoms with E-state index < -0.39 is 0 Å². The van der Waals surface area contributed by atoms with Crippen molar-refractivity contribution < 1.29 is 14.3 Å². The summed E-state index contributed by atoms with van der Waals surface area (Å²) in [6, 6.07) is 26.0. The molecule has 1 heterocycles. The summed E-state index contributed by atoms with van der Waals surface area (Å²) in [5, 5.41) is 3.09. The van der Waals surface area contributed by atoms with Gasteiger partial charge >= 0.3 is 0 Å². The van der Waals surface area contributed by atoms with Crippen molar-refractivity contribution in [1.82, 2.24) is 10.2 Å². The fourth-order valence-corrected chi connectivity index (χ4v) is 4.93. The van der Waals surface area contributed by atoms with Crippen molar-refractivity contribution in [2.75, 3.05) is 20.2 Å². The fraction of sp³-hybridized carbons (Fsp3) is 0.333. The van der Waals surface area contributed by atoms with E-state index in [0.717, 1.165) is 35.3 Å². The van der Waals surface area contributed by atoms with Gasteiger partial charge in [0.2, 0.25) is 11.8 Å². The number of para-hydroxylation sites is 1. The van der Waals surface area contributed by atoms with E-state index in [-0.39, 0.29) is 23.8 Å². The zero-order chi connectivity index (χ0) is 24.6. The monoisotopic (exact) mass is 470 g/mol. The number of carbonyl (C=O) groups is 2. The lowest BCUT2D eigenvalue weighted by atomic mass is 9.87. The van der Waals surface area contributed by atoms with Gasteiger partial charge in [-0.1, -0.05) is 78.4 Å². The molecule has 182 valence electrons. The van der Waals surface area contributed by atoms with E-state index in [9.17, 15) is 9.59 Å². The SMILES string of the molecule is COc1ccccc1CCNC(=O)C1CCC(c2cccc(C)c2)N(C(=O)Cc2ccccc2)C1. The quantitative estimate of drug-likeness (QED) is 0.510. The topological polar surface area (TPSA) is 58.6 Å². The molecule has 1 fully saturated rings. The van der Waals surface area contributed by atoms with Crippen LogP contribution in [0.3, 0.4) is 0 Å². The first-order valence-corrected chi connectivity index (χ1v) is 12.3. The minimum Gasteiger partial charge on any atom is -0.496 e. The van der Waals surface area contributed by atoms with E-state index in [1.54, 1.807) is 7.11 Å². The van der Waals surface area contributed by atoms with Crippen LogP contribution in [-0.4, -0.2) is 36.9 Å². The van der Waals surface area contributed by atoms with E-state index in [1.807, 2.05) is 65.6 Å². The first-order chi connectivity index (χ1) is 17.0. The molecule has 0 saturated carbocycles. The number of piperidine rings is 1. The summed E-state index contributed by atoms with van der Waals surface area (Å²) < 4.78 is 5.41. The largest absolute Gasteiger partial charge is 0.496 e. The number of hydrogen-bond donors (Lipinski definition) is 1. The summed E-state index contributed by atoms with van der Waals surface area (Å²) in [5.74, 6) is 0.695. The molecule has 5 nitrogen and oxygen atoms in total. The van der Waals surface area contributed by atoms with Crippen molar-refractivity contribution in [3.63, 3.8) is 0 Å². The first-order valence-electron chi connectivity index (χ1n) is 12.3. The number of methoxy groups -OCH3 is 1. The fourth-order valence-electron chi connectivity index (χ4n) is 4.93. The van der Waals surface area contributed by atoms with Crippen LogP contribution in [0.2, 0.25) is 0 Å². The summed E-state index contributed by atoms with van der Waals surface area (Å²) in [4.78, 5) is 28.5. The summed E-state index contributed by atoms with van der Waals surface area (Å²) in [6.45, 7) is 3.04. The van der Waals surface area contributed by atoms with Crippen molar-refractivity contribution in [3.8, 4) is 5.75 Å². The van der Waals surface area contributed by atoms with Crippen molar-refractivity contribution in [1.29, 1.82) is 0 Å². The maximum absolute atomic E-state index is 13.5. The number of rotatable bonds is 8. The van der Waals surface area contributed by atoms with Gasteiger partial charge in [-0.2, -0.15) is 0 Å². The van der Waals surface area contributed by atoms with E-state index >= 15 is 0 Å². The lowest BCUT2D eigenvalue weighted by Crippen LogP contribution is -2.47. The average molecular weight is 471 g/mol. The molecule has 0 aliphatic carbocycles. The maximum Gasteiger partial charge on any atom is 0.227 e. The number of likely N-dealkylation sites (tertiary alicyclic amines) is 1. The van der Waals surface area contributed by atoms with Gasteiger partial charge < -0.3 is 15.0 Å². The molecule has 3 aromatic carbocycles. The van der Waals surface area contributed by atoms with E-state index in [2.05, 4.69) is 30.4 Å². The summed E-state index contributed by atoms with van der Waals surface area (Å²) >= 11 is 0. The van der Waals surface area contributed by atoms with Crippen molar-refractivity contribution in [3.05, 3.63) is 101 Å². The number of nitrogens with one attached hydrogen (secondary N) is 1. The molecule has 1 aliphatic heterocycles. The molecule has 4 rings (SSSR count). The van der Waals surface area contributed by atoms with Crippen molar-refractivity contribution in [2.45, 2.75) is 38.6 Å². The summed E-state index contributed by atoms with van der Waals surface area (Å²) in [6.07, 6.45) is 2.57. The molecule has 2 amide bonds. The highest BCUT2D eigenvalue weighted by Crippen LogP contribution is 2.34. The molecule has 0 aromatic heterocycles. The zero-order valence-electron chi connectivity index (χ0n) is 20.6. The Morgan fingerprint density at radius 1 is 0.971 bits per heavy atom. The van der Waals surface area contributed by atoms with Crippen LogP contribution in [0.1, 0.15) is 41.1 Å². The molecule has 2 unspecified atom stereocenters. The number of aryl methyl sites for hydroxylation is 1. The molecule has 0 spiro atoms. The Bertz CT molecular complexity index is 1150. The number of amides is 2. The molecule has 2 atom stereocenters. The van der Waals surface area contributed by atoms with E-state index in [1.165, 1.54) is 5.56 Å². The van der Waals surface area contributed by atoms with Gasteiger partial charge in [0.1, 0.15) is 5.75 Å². The van der Waals surface area contributed by atoms with Gasteiger partial charge in [0.05, 0.1) is 25.5 Å². The van der Waals surface area contributed by atoms with Gasteiger partial charge in [-0.3, -0.25) is 9.59 Å². The molecule has 0 bridgehead atoms. The van der Waals surface area contributed by atoms with Crippen LogP contribution >= 0.6 is 0 Å². The van der Waals surface area contributed by atoms with Crippen LogP contribution in [0, 0.1) is 12.8 Å². The second-order valence-electron chi connectivity index (χ2n) is 9.27. The second-order valence-corrected chi connectivity index (χ2v) is 9.27. The number of hydrogen-bond acceptors (Lipinski definition) is 3. The number of benzene rings is 3. The molecule has 1 N–H and O–H groups in total. The van der Waals surface area contributed by atoms with Gasteiger partial charge in [0, 0.05) is 13.1 Å². The molecular formula is C30H34N2O3. The highest BCUT2D eigenvalue weighted by molar-refractivity contribution is 5.82. The van der Waals surface area contributed by atoms with E-state index in [0.29, 0.717) is 25.9 Å². The van der Waals surface area contributed by atoms with Crippen LogP contribution in [0.5, 0.6) is 5.75 Å². The Kier molecular flexibility index (Phi) is 8.19. The number of carbonyl (C=O) groups excluding carboxylic acids is 2. The molecule has 0 radical (unpaired) electrons.